The van der Waals surface area contributed by atoms with Crippen LogP contribution in [-0.4, -0.2) is 35.7 Å². The number of nitrogens with one attached hydrogen (secondary N) is 1. The maximum absolute atomic E-state index is 12.1. The van der Waals surface area contributed by atoms with Gasteiger partial charge in [0.25, 0.3) is 0 Å². The van der Waals surface area contributed by atoms with Crippen molar-refractivity contribution in [3.63, 3.8) is 0 Å². The van der Waals surface area contributed by atoms with Gasteiger partial charge in [-0.15, -0.1) is 0 Å². The van der Waals surface area contributed by atoms with Crippen molar-refractivity contribution >= 4 is 29.1 Å². The fourth-order valence-corrected chi connectivity index (χ4v) is 2.75. The number of ether oxygens (including phenoxy) is 1. The molecule has 0 spiro atoms. The number of hydrogen-bond donors (Lipinski definition) is 2. The quantitative estimate of drug-likeness (QED) is 0.798. The molecule has 1 aliphatic heterocycles. The van der Waals surface area contributed by atoms with Gasteiger partial charge in [-0.2, -0.15) is 0 Å². The lowest BCUT2D eigenvalue weighted by molar-refractivity contribution is 0.0210. The number of likely N-dealkylation sites (tertiary alicyclic amines) is 1. The van der Waals surface area contributed by atoms with Crippen LogP contribution in [0.1, 0.15) is 39.2 Å². The molecule has 0 aromatic heterocycles. The molecule has 0 radical (unpaired) electrons. The molecule has 1 aliphatic rings. The van der Waals surface area contributed by atoms with Crippen LogP contribution in [0.2, 0.25) is 5.02 Å². The van der Waals surface area contributed by atoms with Crippen LogP contribution in [0.5, 0.6) is 0 Å². The third-order valence-electron chi connectivity index (χ3n) is 3.84. The Morgan fingerprint density at radius 3 is 2.52 bits per heavy atom. The van der Waals surface area contributed by atoms with E-state index in [1.807, 2.05) is 33.8 Å². The topological polar surface area (TPSA) is 67.6 Å². The molecule has 0 saturated carbocycles. The van der Waals surface area contributed by atoms with Crippen LogP contribution in [0, 0.1) is 6.92 Å². The van der Waals surface area contributed by atoms with Gasteiger partial charge in [0, 0.05) is 24.2 Å². The summed E-state index contributed by atoms with van der Waals surface area (Å²) in [5.41, 5.74) is 8.11. The molecular formula is C17H26ClN3O2. The predicted octanol–water partition coefficient (Wildman–Crippen LogP) is 4.04. The summed E-state index contributed by atoms with van der Waals surface area (Å²) in [5.74, 6) is 0. The monoisotopic (exact) mass is 339 g/mol. The fourth-order valence-electron chi connectivity index (χ4n) is 2.57. The summed E-state index contributed by atoms with van der Waals surface area (Å²) in [5, 5.41) is 4.14. The van der Waals surface area contributed by atoms with Gasteiger partial charge in [-0.1, -0.05) is 11.6 Å². The molecule has 6 heteroatoms. The van der Waals surface area contributed by atoms with E-state index >= 15 is 0 Å². The second-order valence-corrected chi connectivity index (χ2v) is 7.48. The van der Waals surface area contributed by atoms with Gasteiger partial charge in [0.1, 0.15) is 5.60 Å². The highest BCUT2D eigenvalue weighted by Crippen LogP contribution is 2.28. The minimum atomic E-state index is -0.457. The number of nitrogen functional groups attached to an aromatic ring is 1. The Labute approximate surface area is 143 Å². The highest BCUT2D eigenvalue weighted by atomic mass is 35.5. The summed E-state index contributed by atoms with van der Waals surface area (Å²) in [4.78, 5) is 13.8. The van der Waals surface area contributed by atoms with Gasteiger partial charge in [0.05, 0.1) is 11.4 Å². The molecule has 3 N–H and O–H groups in total. The lowest BCUT2D eigenvalue weighted by Crippen LogP contribution is -2.44. The molecule has 1 heterocycles. The van der Waals surface area contributed by atoms with E-state index in [2.05, 4.69) is 5.32 Å². The Balaban J connectivity index is 1.90. The molecule has 0 unspecified atom stereocenters. The number of halogens is 1. The van der Waals surface area contributed by atoms with E-state index in [0.29, 0.717) is 23.8 Å². The molecule has 1 amide bonds. The number of carbonyl (C=O) groups is 1. The second-order valence-electron chi connectivity index (χ2n) is 7.07. The Morgan fingerprint density at radius 2 is 1.96 bits per heavy atom. The van der Waals surface area contributed by atoms with Crippen molar-refractivity contribution in [3.8, 4) is 0 Å². The van der Waals surface area contributed by atoms with Gasteiger partial charge in [0.15, 0.2) is 0 Å². The molecule has 23 heavy (non-hydrogen) atoms. The van der Waals surface area contributed by atoms with Gasteiger partial charge < -0.3 is 20.7 Å². The minimum Gasteiger partial charge on any atom is -0.444 e. The summed E-state index contributed by atoms with van der Waals surface area (Å²) in [6.07, 6.45) is 1.48. The first-order valence-corrected chi connectivity index (χ1v) is 8.33. The van der Waals surface area contributed by atoms with Crippen LogP contribution in [-0.2, 0) is 4.74 Å². The second kappa shape index (κ2) is 6.87. The maximum atomic E-state index is 12.1. The highest BCUT2D eigenvalue weighted by Gasteiger charge is 2.27. The smallest absolute Gasteiger partial charge is 0.410 e. The van der Waals surface area contributed by atoms with Crippen LogP contribution < -0.4 is 11.1 Å². The Kier molecular flexibility index (Phi) is 5.30. The number of piperidine rings is 1. The lowest BCUT2D eigenvalue weighted by atomic mass is 10.0. The molecule has 128 valence electrons. The molecule has 0 atom stereocenters. The van der Waals surface area contributed by atoms with Crippen molar-refractivity contribution in [1.82, 2.24) is 4.90 Å². The van der Waals surface area contributed by atoms with Gasteiger partial charge in [0.2, 0.25) is 0 Å². The molecule has 1 saturated heterocycles. The van der Waals surface area contributed by atoms with Crippen LogP contribution in [0.25, 0.3) is 0 Å². The van der Waals surface area contributed by atoms with Crippen LogP contribution in [0.4, 0.5) is 16.2 Å². The lowest BCUT2D eigenvalue weighted by Gasteiger charge is -2.34. The van der Waals surface area contributed by atoms with E-state index < -0.39 is 5.60 Å². The van der Waals surface area contributed by atoms with E-state index in [1.54, 1.807) is 11.0 Å². The number of hydrogen-bond acceptors (Lipinski definition) is 4. The first-order chi connectivity index (χ1) is 10.7. The predicted molar refractivity (Wildman–Crippen MR) is 95.1 cm³/mol. The number of anilines is 2. The summed E-state index contributed by atoms with van der Waals surface area (Å²) in [6, 6.07) is 4.03. The van der Waals surface area contributed by atoms with E-state index in [4.69, 9.17) is 22.1 Å². The van der Waals surface area contributed by atoms with Gasteiger partial charge in [-0.3, -0.25) is 0 Å². The number of rotatable bonds is 2. The van der Waals surface area contributed by atoms with Gasteiger partial charge in [-0.05, 0) is 58.2 Å². The van der Waals surface area contributed by atoms with Crippen LogP contribution in [0.15, 0.2) is 12.1 Å². The van der Waals surface area contributed by atoms with Gasteiger partial charge in [-0.25, -0.2) is 4.79 Å². The molecule has 5 nitrogen and oxygen atoms in total. The van der Waals surface area contributed by atoms with Crippen molar-refractivity contribution in [2.24, 2.45) is 0 Å². The Hall–Kier alpha value is -1.62. The van der Waals surface area contributed by atoms with Gasteiger partial charge >= 0.3 is 6.09 Å². The zero-order valence-electron chi connectivity index (χ0n) is 14.3. The maximum Gasteiger partial charge on any atom is 0.410 e. The zero-order valence-corrected chi connectivity index (χ0v) is 15.0. The molecule has 0 bridgehead atoms. The number of carbonyl (C=O) groups excluding carboxylic acids is 1. The number of nitrogens with two attached hydrogens (primary N) is 1. The van der Waals surface area contributed by atoms with Crippen molar-refractivity contribution in [1.29, 1.82) is 0 Å². The van der Waals surface area contributed by atoms with E-state index in [1.165, 1.54) is 0 Å². The fraction of sp³-hybridized carbons (Fsp3) is 0.588. The average molecular weight is 340 g/mol. The molecule has 1 aromatic rings. The van der Waals surface area contributed by atoms with Crippen molar-refractivity contribution in [2.75, 3.05) is 24.1 Å². The Bertz CT molecular complexity index is 576. The highest BCUT2D eigenvalue weighted by molar-refractivity contribution is 6.31. The molecular weight excluding hydrogens is 314 g/mol. The number of amides is 1. The summed E-state index contributed by atoms with van der Waals surface area (Å²) < 4.78 is 5.41. The number of aryl methyl sites for hydroxylation is 1. The van der Waals surface area contributed by atoms with E-state index in [-0.39, 0.29) is 12.1 Å². The zero-order chi connectivity index (χ0) is 17.2. The van der Waals surface area contributed by atoms with Crippen molar-refractivity contribution in [3.05, 3.63) is 22.7 Å². The summed E-state index contributed by atoms with van der Waals surface area (Å²) >= 11 is 6.07. The third kappa shape index (κ3) is 4.93. The first kappa shape index (κ1) is 17.7. The van der Waals surface area contributed by atoms with E-state index in [9.17, 15) is 4.79 Å². The SMILES string of the molecule is Cc1cc(NC2CCN(C(=O)OC(C)(C)C)CC2)c(N)cc1Cl. The standard InChI is InChI=1S/C17H26ClN3O2/c1-11-9-15(14(19)10-13(11)18)20-12-5-7-21(8-6-12)16(22)23-17(2,3)4/h9-10,12,20H,5-8,19H2,1-4H3. The Morgan fingerprint density at radius 1 is 1.35 bits per heavy atom. The average Bonchev–Trinajstić information content (AvgIpc) is 2.43. The molecule has 2 rings (SSSR count). The molecule has 1 aromatic carbocycles. The van der Waals surface area contributed by atoms with Crippen LogP contribution in [0.3, 0.4) is 0 Å². The van der Waals surface area contributed by atoms with Crippen molar-refractivity contribution < 1.29 is 9.53 Å². The number of benzene rings is 1. The molecule has 1 fully saturated rings. The largest absolute Gasteiger partial charge is 0.444 e. The van der Waals surface area contributed by atoms with Crippen LogP contribution >= 0.6 is 11.6 Å². The van der Waals surface area contributed by atoms with Crippen molar-refractivity contribution in [2.45, 2.75) is 52.2 Å². The third-order valence-corrected chi connectivity index (χ3v) is 4.24. The minimum absolute atomic E-state index is 0.238. The normalized spacial score (nSPS) is 16.3. The summed E-state index contributed by atoms with van der Waals surface area (Å²) in [6.45, 7) is 8.96. The number of nitrogens with zero attached hydrogens (tertiary/aromatic N) is 1. The summed E-state index contributed by atoms with van der Waals surface area (Å²) in [7, 11) is 0. The molecule has 0 aliphatic carbocycles. The first-order valence-electron chi connectivity index (χ1n) is 7.96. The van der Waals surface area contributed by atoms with E-state index in [0.717, 1.165) is 24.1 Å².